The van der Waals surface area contributed by atoms with Gasteiger partial charge >= 0.3 is 13.6 Å². The summed E-state index contributed by atoms with van der Waals surface area (Å²) in [6.45, 7) is 7.05. The summed E-state index contributed by atoms with van der Waals surface area (Å²) >= 11 is 0. The Bertz CT molecular complexity index is 599. The summed E-state index contributed by atoms with van der Waals surface area (Å²) in [4.78, 5) is 22.9. The second-order valence-electron chi connectivity index (χ2n) is 11.3. The number of quaternary nitrogens is 1. The molecule has 2 N–H and O–H groups in total. The lowest BCUT2D eigenvalue weighted by Crippen LogP contribution is -3.10. The van der Waals surface area contributed by atoms with Crippen molar-refractivity contribution in [3.63, 3.8) is 0 Å². The van der Waals surface area contributed by atoms with Crippen LogP contribution in [0.2, 0.25) is 0 Å². The van der Waals surface area contributed by atoms with E-state index in [4.69, 9.17) is 14.0 Å². The van der Waals surface area contributed by atoms with Gasteiger partial charge in [0.05, 0.1) is 39.0 Å². The third-order valence-electron chi connectivity index (χ3n) is 7.55. The Morgan fingerprint density at radius 3 is 1.74 bits per heavy atom. The molecular weight excluding hydrogens is 501 g/mol. The number of esters is 1. The van der Waals surface area contributed by atoms with Gasteiger partial charge in [0.25, 0.3) is 0 Å². The highest BCUT2D eigenvalue weighted by molar-refractivity contribution is 7.52. The summed E-state index contributed by atoms with van der Waals surface area (Å²) < 4.78 is 28.6. The van der Waals surface area contributed by atoms with Crippen LogP contribution in [0.15, 0.2) is 0 Å². The molecule has 1 aliphatic heterocycles. The summed E-state index contributed by atoms with van der Waals surface area (Å²) in [6, 6.07) is 0. The van der Waals surface area contributed by atoms with E-state index in [0.29, 0.717) is 13.2 Å². The second kappa shape index (κ2) is 24.3. The van der Waals surface area contributed by atoms with Crippen LogP contribution in [0.25, 0.3) is 0 Å². The fourth-order valence-corrected chi connectivity index (χ4v) is 6.31. The fourth-order valence-electron chi connectivity index (χ4n) is 5.18. The molecule has 7 nitrogen and oxygen atoms in total. The van der Waals surface area contributed by atoms with E-state index in [2.05, 4.69) is 6.92 Å². The third-order valence-corrected chi connectivity index (χ3v) is 8.89. The summed E-state index contributed by atoms with van der Waals surface area (Å²) in [5.41, 5.74) is 0. The van der Waals surface area contributed by atoms with Crippen molar-refractivity contribution in [1.29, 1.82) is 0 Å². The first-order valence-electron chi connectivity index (χ1n) is 16.0. The summed E-state index contributed by atoms with van der Waals surface area (Å²) in [7, 11) is -3.69. The van der Waals surface area contributed by atoms with Crippen molar-refractivity contribution in [3.05, 3.63) is 0 Å². The number of likely N-dealkylation sites (tertiary alicyclic amines) is 1. The average Bonchev–Trinajstić information content (AvgIpc) is 3.41. The maximum Gasteiger partial charge on any atom is 0.333 e. The Kier molecular flexibility index (Phi) is 22.8. The molecule has 0 aromatic rings. The molecule has 0 radical (unpaired) electrons. The quantitative estimate of drug-likeness (QED) is 0.0678. The molecule has 1 aliphatic rings. The summed E-state index contributed by atoms with van der Waals surface area (Å²) in [5, 5.41) is 0. The molecule has 0 aliphatic carbocycles. The minimum Gasteiger partial charge on any atom is -0.458 e. The molecule has 0 amide bonds. The lowest BCUT2D eigenvalue weighted by molar-refractivity contribution is -0.884. The van der Waals surface area contributed by atoms with Gasteiger partial charge in [0.15, 0.2) is 0 Å². The van der Waals surface area contributed by atoms with Crippen molar-refractivity contribution < 1.29 is 33.2 Å². The van der Waals surface area contributed by atoms with Crippen molar-refractivity contribution >= 4 is 13.6 Å². The first-order chi connectivity index (χ1) is 18.4. The average molecular weight is 563 g/mol. The van der Waals surface area contributed by atoms with E-state index in [0.717, 1.165) is 25.9 Å². The molecule has 1 saturated heterocycles. The van der Waals surface area contributed by atoms with E-state index in [-0.39, 0.29) is 19.4 Å². The zero-order chi connectivity index (χ0) is 27.7. The molecule has 1 rings (SSSR count). The Labute approximate surface area is 234 Å². The van der Waals surface area contributed by atoms with Gasteiger partial charge < -0.3 is 23.8 Å². The first kappa shape index (κ1) is 35.6. The molecule has 0 saturated carbocycles. The summed E-state index contributed by atoms with van der Waals surface area (Å²) in [6.07, 6.45) is 24.6. The van der Waals surface area contributed by atoms with E-state index in [9.17, 15) is 14.3 Å². The van der Waals surface area contributed by atoms with Crippen molar-refractivity contribution in [1.82, 2.24) is 0 Å². The topological polar surface area (TPSA) is 86.5 Å². The van der Waals surface area contributed by atoms with E-state index < -0.39 is 19.7 Å². The fraction of sp³-hybridized carbons (Fsp3) is 0.967. The number of unbranched alkanes of at least 4 members (excludes halogenated alkanes) is 16. The Morgan fingerprint density at radius 2 is 1.26 bits per heavy atom. The monoisotopic (exact) mass is 562 g/mol. The maximum atomic E-state index is 12.3. The number of hydrogen-bond donors (Lipinski definition) is 2. The highest BCUT2D eigenvalue weighted by Gasteiger charge is 2.26. The highest BCUT2D eigenvalue weighted by Crippen LogP contribution is 2.41. The van der Waals surface area contributed by atoms with Crippen molar-refractivity contribution in [2.75, 3.05) is 45.6 Å². The molecule has 226 valence electrons. The van der Waals surface area contributed by atoms with Crippen molar-refractivity contribution in [3.8, 4) is 0 Å². The van der Waals surface area contributed by atoms with Crippen LogP contribution in [0.4, 0.5) is 0 Å². The second-order valence-corrected chi connectivity index (χ2v) is 13.3. The normalized spacial score (nSPS) is 16.5. The van der Waals surface area contributed by atoms with Gasteiger partial charge in [-0.2, -0.15) is 0 Å². The minimum atomic E-state index is -3.69. The van der Waals surface area contributed by atoms with Crippen LogP contribution < -0.4 is 4.90 Å². The largest absolute Gasteiger partial charge is 0.458 e. The van der Waals surface area contributed by atoms with Crippen LogP contribution in [-0.2, 0) is 23.4 Å². The molecule has 0 aromatic carbocycles. The third kappa shape index (κ3) is 22.4. The standard InChI is InChI=1S/C30H60NO6P/c1-3-4-5-6-7-8-9-10-11-12-13-14-15-16-17-18-21-25-35-27-30(37-29(2)32)28-36-38(33,34)26-24-31-22-19-20-23-31/h30H,3-28H2,1-2H3,(H,33,34)/p+1. The van der Waals surface area contributed by atoms with E-state index >= 15 is 0 Å². The SMILES string of the molecule is CCCCCCCCCCCCCCCCCCCOCC(COP(=O)(O)CC[NH+]1CCCC1)OC(C)=O. The van der Waals surface area contributed by atoms with E-state index in [1.807, 2.05) is 0 Å². The Balaban J connectivity index is 1.94. The Morgan fingerprint density at radius 1 is 0.789 bits per heavy atom. The number of ether oxygens (including phenoxy) is 2. The van der Waals surface area contributed by atoms with Gasteiger partial charge in [0.2, 0.25) is 0 Å². The van der Waals surface area contributed by atoms with Crippen LogP contribution in [-0.4, -0.2) is 62.6 Å². The van der Waals surface area contributed by atoms with Gasteiger partial charge in [-0.1, -0.05) is 110 Å². The molecule has 2 unspecified atom stereocenters. The summed E-state index contributed by atoms with van der Waals surface area (Å²) in [5.74, 6) is -0.436. The number of carbonyl (C=O) groups excluding carboxylic acids is 1. The molecular formula is C30H61NO6P+. The molecule has 0 bridgehead atoms. The minimum absolute atomic E-state index is 0.109. The van der Waals surface area contributed by atoms with Gasteiger partial charge in [-0.3, -0.25) is 9.36 Å². The molecule has 0 spiro atoms. The highest BCUT2D eigenvalue weighted by atomic mass is 31.2. The van der Waals surface area contributed by atoms with Crippen LogP contribution in [0, 0.1) is 0 Å². The van der Waals surface area contributed by atoms with Crippen LogP contribution in [0.1, 0.15) is 136 Å². The van der Waals surface area contributed by atoms with E-state index in [1.165, 1.54) is 121 Å². The van der Waals surface area contributed by atoms with E-state index in [1.54, 1.807) is 0 Å². The predicted octanol–water partition coefficient (Wildman–Crippen LogP) is 6.47. The smallest absolute Gasteiger partial charge is 0.333 e. The Hall–Kier alpha value is -0.460. The van der Waals surface area contributed by atoms with Crippen LogP contribution in [0.3, 0.4) is 0 Å². The molecule has 1 fully saturated rings. The maximum absolute atomic E-state index is 12.3. The van der Waals surface area contributed by atoms with Gasteiger partial charge in [-0.05, 0) is 6.42 Å². The number of carbonyl (C=O) groups is 1. The van der Waals surface area contributed by atoms with Gasteiger partial charge in [-0.25, -0.2) is 0 Å². The molecule has 2 atom stereocenters. The molecule has 8 heteroatoms. The number of nitrogens with one attached hydrogen (secondary N) is 1. The molecule has 0 aromatic heterocycles. The van der Waals surface area contributed by atoms with Crippen molar-refractivity contribution in [2.24, 2.45) is 0 Å². The van der Waals surface area contributed by atoms with Crippen LogP contribution >= 0.6 is 7.60 Å². The number of hydrogen-bond acceptors (Lipinski definition) is 5. The number of rotatable bonds is 27. The van der Waals surface area contributed by atoms with Gasteiger partial charge in [-0.15, -0.1) is 0 Å². The molecule has 38 heavy (non-hydrogen) atoms. The first-order valence-corrected chi connectivity index (χ1v) is 17.7. The van der Waals surface area contributed by atoms with Gasteiger partial charge in [0, 0.05) is 26.4 Å². The zero-order valence-electron chi connectivity index (χ0n) is 24.9. The molecule has 1 heterocycles. The van der Waals surface area contributed by atoms with Crippen LogP contribution in [0.5, 0.6) is 0 Å². The lowest BCUT2D eigenvalue weighted by atomic mass is 10.0. The lowest BCUT2D eigenvalue weighted by Gasteiger charge is -2.20. The van der Waals surface area contributed by atoms with Gasteiger partial charge in [0.1, 0.15) is 6.10 Å². The zero-order valence-corrected chi connectivity index (χ0v) is 25.8. The predicted molar refractivity (Wildman–Crippen MR) is 156 cm³/mol. The van der Waals surface area contributed by atoms with Crippen molar-refractivity contribution in [2.45, 2.75) is 142 Å².